The summed E-state index contributed by atoms with van der Waals surface area (Å²) in [5, 5.41) is 18.6. The number of esters is 1. The van der Waals surface area contributed by atoms with Crippen LogP contribution >= 0.6 is 0 Å². The zero-order valence-electron chi connectivity index (χ0n) is 9.33. The monoisotopic (exact) mass is 242 g/mol. The van der Waals surface area contributed by atoms with Gasteiger partial charge in [0.1, 0.15) is 23.2 Å². The number of fused-ring (bicyclic) bond motifs is 1. The topological polar surface area (TPSA) is 66.8 Å². The summed E-state index contributed by atoms with van der Waals surface area (Å²) in [6.45, 7) is 0. The Morgan fingerprint density at radius 3 is 2.33 bits per heavy atom. The maximum absolute atomic E-state index is 11.9. The zero-order valence-corrected chi connectivity index (χ0v) is 9.33. The Labute approximate surface area is 103 Å². The number of aromatic hydroxyl groups is 2. The van der Waals surface area contributed by atoms with Crippen LogP contribution in [0, 0.1) is 0 Å². The first-order chi connectivity index (χ1) is 8.65. The Morgan fingerprint density at radius 2 is 1.61 bits per heavy atom. The molecule has 1 aliphatic rings. The molecule has 1 unspecified atom stereocenters. The van der Waals surface area contributed by atoms with Gasteiger partial charge in [-0.3, -0.25) is 4.79 Å². The number of rotatable bonds is 1. The van der Waals surface area contributed by atoms with Crippen molar-refractivity contribution in [2.75, 3.05) is 0 Å². The van der Waals surface area contributed by atoms with Gasteiger partial charge in [-0.05, 0) is 23.8 Å². The Kier molecular flexibility index (Phi) is 2.23. The van der Waals surface area contributed by atoms with Crippen molar-refractivity contribution < 1.29 is 19.7 Å². The second-order valence-corrected chi connectivity index (χ2v) is 4.17. The summed E-state index contributed by atoms with van der Waals surface area (Å²) in [7, 11) is 0. The average Bonchev–Trinajstić information content (AvgIpc) is 2.65. The van der Waals surface area contributed by atoms with E-state index in [1.807, 2.05) is 0 Å². The molecule has 0 saturated heterocycles. The number of hydrogen-bond donors (Lipinski definition) is 2. The first-order valence-corrected chi connectivity index (χ1v) is 5.49. The number of phenolic OH excluding ortho intramolecular Hbond substituents is 2. The van der Waals surface area contributed by atoms with E-state index in [2.05, 4.69) is 0 Å². The maximum atomic E-state index is 11.9. The van der Waals surface area contributed by atoms with Crippen molar-refractivity contribution >= 4 is 5.97 Å². The largest absolute Gasteiger partial charge is 0.508 e. The zero-order chi connectivity index (χ0) is 12.7. The molecule has 0 amide bonds. The Bertz CT molecular complexity index is 616. The van der Waals surface area contributed by atoms with Gasteiger partial charge in [-0.2, -0.15) is 0 Å². The van der Waals surface area contributed by atoms with Crippen molar-refractivity contribution in [2.24, 2.45) is 0 Å². The first kappa shape index (κ1) is 10.7. The van der Waals surface area contributed by atoms with Gasteiger partial charge in [-0.1, -0.05) is 18.2 Å². The molecule has 0 fully saturated rings. The van der Waals surface area contributed by atoms with E-state index in [0.717, 1.165) is 11.1 Å². The van der Waals surface area contributed by atoms with E-state index in [1.165, 1.54) is 24.3 Å². The quantitative estimate of drug-likeness (QED) is 0.594. The van der Waals surface area contributed by atoms with Crippen molar-refractivity contribution in [2.45, 2.75) is 5.92 Å². The lowest BCUT2D eigenvalue weighted by Crippen LogP contribution is -2.11. The normalized spacial score (nSPS) is 17.3. The fraction of sp³-hybridized carbons (Fsp3) is 0.0714. The molecule has 2 N–H and O–H groups in total. The summed E-state index contributed by atoms with van der Waals surface area (Å²) in [6, 6.07) is 11.0. The summed E-state index contributed by atoms with van der Waals surface area (Å²) in [6.07, 6.45) is 0. The minimum absolute atomic E-state index is 0.0629. The third-order valence-corrected chi connectivity index (χ3v) is 2.98. The van der Waals surface area contributed by atoms with Crippen molar-refractivity contribution in [3.63, 3.8) is 0 Å². The lowest BCUT2D eigenvalue weighted by Gasteiger charge is -2.07. The van der Waals surface area contributed by atoms with E-state index in [4.69, 9.17) is 4.74 Å². The van der Waals surface area contributed by atoms with Crippen LogP contribution in [0.4, 0.5) is 0 Å². The van der Waals surface area contributed by atoms with E-state index in [-0.39, 0.29) is 17.5 Å². The molecule has 1 heterocycles. The van der Waals surface area contributed by atoms with E-state index in [0.29, 0.717) is 5.75 Å². The highest BCUT2D eigenvalue weighted by molar-refractivity contribution is 5.89. The highest BCUT2D eigenvalue weighted by Gasteiger charge is 2.34. The van der Waals surface area contributed by atoms with E-state index >= 15 is 0 Å². The molecule has 0 radical (unpaired) electrons. The molecule has 0 bridgehead atoms. The SMILES string of the molecule is O=C1Oc2cc(O)ccc2C1c1ccc(O)cc1. The number of benzene rings is 2. The predicted molar refractivity (Wildman–Crippen MR) is 63.7 cm³/mol. The molecule has 90 valence electrons. The van der Waals surface area contributed by atoms with Gasteiger partial charge in [0.15, 0.2) is 0 Å². The summed E-state index contributed by atoms with van der Waals surface area (Å²) < 4.78 is 5.12. The van der Waals surface area contributed by atoms with Crippen LogP contribution in [0.2, 0.25) is 0 Å². The number of carbonyl (C=O) groups excluding carboxylic acids is 1. The van der Waals surface area contributed by atoms with Gasteiger partial charge in [0.25, 0.3) is 0 Å². The average molecular weight is 242 g/mol. The lowest BCUT2D eigenvalue weighted by atomic mass is 9.92. The molecule has 0 aliphatic carbocycles. The van der Waals surface area contributed by atoms with Crippen LogP contribution in [0.1, 0.15) is 17.0 Å². The Morgan fingerprint density at radius 1 is 0.944 bits per heavy atom. The minimum Gasteiger partial charge on any atom is -0.508 e. The highest BCUT2D eigenvalue weighted by Crippen LogP contribution is 2.40. The van der Waals surface area contributed by atoms with E-state index < -0.39 is 5.92 Å². The molecule has 3 rings (SSSR count). The number of phenols is 2. The van der Waals surface area contributed by atoms with Crippen LogP contribution in [0.15, 0.2) is 42.5 Å². The van der Waals surface area contributed by atoms with Gasteiger partial charge in [0.2, 0.25) is 0 Å². The third kappa shape index (κ3) is 1.59. The van der Waals surface area contributed by atoms with Crippen LogP contribution < -0.4 is 4.74 Å². The summed E-state index contributed by atoms with van der Waals surface area (Å²) in [4.78, 5) is 11.9. The molecule has 0 aromatic heterocycles. The number of carbonyl (C=O) groups is 1. The third-order valence-electron chi connectivity index (χ3n) is 2.98. The Hall–Kier alpha value is -2.49. The van der Waals surface area contributed by atoms with E-state index in [9.17, 15) is 15.0 Å². The molecular weight excluding hydrogens is 232 g/mol. The molecule has 2 aromatic rings. The molecule has 2 aromatic carbocycles. The summed E-state index contributed by atoms with van der Waals surface area (Å²) in [5.41, 5.74) is 1.48. The second-order valence-electron chi connectivity index (χ2n) is 4.17. The van der Waals surface area contributed by atoms with Crippen molar-refractivity contribution in [3.8, 4) is 17.2 Å². The van der Waals surface area contributed by atoms with Crippen LogP contribution in [0.25, 0.3) is 0 Å². The molecule has 18 heavy (non-hydrogen) atoms. The second kappa shape index (κ2) is 3.77. The molecule has 1 aliphatic heterocycles. The smallest absolute Gasteiger partial charge is 0.323 e. The fourth-order valence-electron chi connectivity index (χ4n) is 2.13. The Balaban J connectivity index is 2.09. The van der Waals surface area contributed by atoms with Crippen LogP contribution in [0.3, 0.4) is 0 Å². The van der Waals surface area contributed by atoms with E-state index in [1.54, 1.807) is 18.2 Å². The van der Waals surface area contributed by atoms with Crippen LogP contribution in [-0.2, 0) is 4.79 Å². The molecule has 4 heteroatoms. The van der Waals surface area contributed by atoms with Crippen LogP contribution in [0.5, 0.6) is 17.2 Å². The van der Waals surface area contributed by atoms with Crippen LogP contribution in [-0.4, -0.2) is 16.2 Å². The van der Waals surface area contributed by atoms with Gasteiger partial charge in [-0.25, -0.2) is 0 Å². The van der Waals surface area contributed by atoms with Gasteiger partial charge in [-0.15, -0.1) is 0 Å². The standard InChI is InChI=1S/C14H10O4/c15-9-3-1-8(2-4-9)13-11-6-5-10(16)7-12(11)18-14(13)17/h1-7,13,15-16H. The van der Waals surface area contributed by atoms with Crippen molar-refractivity contribution in [1.82, 2.24) is 0 Å². The molecular formula is C14H10O4. The first-order valence-electron chi connectivity index (χ1n) is 5.49. The number of ether oxygens (including phenoxy) is 1. The van der Waals surface area contributed by atoms with Gasteiger partial charge >= 0.3 is 5.97 Å². The highest BCUT2D eigenvalue weighted by atomic mass is 16.5. The predicted octanol–water partition coefficient (Wildman–Crippen LogP) is 2.15. The molecule has 0 spiro atoms. The minimum atomic E-state index is -0.499. The summed E-state index contributed by atoms with van der Waals surface area (Å²) in [5.74, 6) is -0.274. The van der Waals surface area contributed by atoms with Crippen molar-refractivity contribution in [1.29, 1.82) is 0 Å². The van der Waals surface area contributed by atoms with Gasteiger partial charge in [0.05, 0.1) is 0 Å². The molecule has 0 saturated carbocycles. The lowest BCUT2D eigenvalue weighted by molar-refractivity contribution is -0.133. The summed E-state index contributed by atoms with van der Waals surface area (Å²) >= 11 is 0. The number of hydrogen-bond acceptors (Lipinski definition) is 4. The van der Waals surface area contributed by atoms with Crippen molar-refractivity contribution in [3.05, 3.63) is 53.6 Å². The maximum Gasteiger partial charge on any atom is 0.323 e. The van der Waals surface area contributed by atoms with Gasteiger partial charge in [0, 0.05) is 11.6 Å². The fourth-order valence-corrected chi connectivity index (χ4v) is 2.13. The van der Waals surface area contributed by atoms with Gasteiger partial charge < -0.3 is 14.9 Å². The molecule has 1 atom stereocenters. The molecule has 4 nitrogen and oxygen atoms in total.